The lowest BCUT2D eigenvalue weighted by Gasteiger charge is -2.45. The molecule has 2 aromatic carbocycles. The molecule has 9 heteroatoms. The summed E-state index contributed by atoms with van der Waals surface area (Å²) in [7, 11) is 0. The molecule has 232 valence electrons. The van der Waals surface area contributed by atoms with Crippen molar-refractivity contribution >= 4 is 17.9 Å². The first kappa shape index (κ1) is 34.5. The lowest BCUT2D eigenvalue weighted by molar-refractivity contribution is -0.149. The number of hydrogen-bond acceptors (Lipinski definition) is 6. The first-order valence-corrected chi connectivity index (χ1v) is 14.7. The second kappa shape index (κ2) is 14.4. The van der Waals surface area contributed by atoms with Crippen LogP contribution in [0, 0.1) is 6.92 Å². The van der Waals surface area contributed by atoms with E-state index in [1.807, 2.05) is 34.6 Å². The first-order valence-electron chi connectivity index (χ1n) is 14.7. The van der Waals surface area contributed by atoms with Crippen LogP contribution in [0.1, 0.15) is 97.4 Å². The zero-order valence-electron chi connectivity index (χ0n) is 26.6. The number of alkyl carbamates (subject to hydrolysis) is 1. The summed E-state index contributed by atoms with van der Waals surface area (Å²) >= 11 is 0. The minimum Gasteiger partial charge on any atom is -0.508 e. The van der Waals surface area contributed by atoms with Crippen molar-refractivity contribution < 1.29 is 29.3 Å². The van der Waals surface area contributed by atoms with E-state index in [4.69, 9.17) is 4.74 Å². The molecule has 3 atom stereocenters. The van der Waals surface area contributed by atoms with Crippen LogP contribution >= 0.6 is 0 Å². The number of nitrogens with one attached hydrogen (secondary N) is 2. The zero-order valence-corrected chi connectivity index (χ0v) is 26.6. The molecule has 2 rings (SSSR count). The lowest BCUT2D eigenvalue weighted by atomic mass is 9.90. The molecule has 0 aromatic heterocycles. The maximum Gasteiger partial charge on any atom is 0.408 e. The molecule has 0 radical (unpaired) electrons. The number of aromatic hydroxyl groups is 2. The van der Waals surface area contributed by atoms with Crippen LogP contribution in [0.15, 0.2) is 42.5 Å². The zero-order chi connectivity index (χ0) is 31.8. The summed E-state index contributed by atoms with van der Waals surface area (Å²) in [6.07, 6.45) is 1.39. The fourth-order valence-electron chi connectivity index (χ4n) is 4.76. The van der Waals surface area contributed by atoms with Crippen LogP contribution in [-0.4, -0.2) is 56.2 Å². The van der Waals surface area contributed by atoms with Crippen molar-refractivity contribution in [2.45, 2.75) is 117 Å². The van der Waals surface area contributed by atoms with Gasteiger partial charge in [-0.05, 0) is 84.6 Å². The summed E-state index contributed by atoms with van der Waals surface area (Å²) < 4.78 is 5.49. The quantitative estimate of drug-likeness (QED) is 0.246. The summed E-state index contributed by atoms with van der Waals surface area (Å²) in [5.41, 5.74) is -0.115. The van der Waals surface area contributed by atoms with Crippen molar-refractivity contribution in [3.63, 3.8) is 0 Å². The highest BCUT2D eigenvalue weighted by Crippen LogP contribution is 2.37. The van der Waals surface area contributed by atoms with Crippen LogP contribution in [0.5, 0.6) is 11.5 Å². The van der Waals surface area contributed by atoms with E-state index in [0.717, 1.165) is 12.8 Å². The normalized spacial score (nSPS) is 13.9. The van der Waals surface area contributed by atoms with Gasteiger partial charge in [-0.2, -0.15) is 0 Å². The highest BCUT2D eigenvalue weighted by Gasteiger charge is 2.44. The maximum atomic E-state index is 14.7. The van der Waals surface area contributed by atoms with Crippen molar-refractivity contribution in [1.82, 2.24) is 15.5 Å². The number of benzene rings is 2. The Bertz CT molecular complexity index is 1220. The third-order valence-electron chi connectivity index (χ3n) is 7.30. The summed E-state index contributed by atoms with van der Waals surface area (Å²) in [6.45, 7) is 16.5. The number of para-hydroxylation sites is 1. The molecule has 3 amide bonds. The number of aryl methyl sites for hydroxylation is 1. The van der Waals surface area contributed by atoms with Gasteiger partial charge in [0.1, 0.15) is 29.2 Å². The van der Waals surface area contributed by atoms with Gasteiger partial charge in [-0.1, -0.05) is 50.6 Å². The van der Waals surface area contributed by atoms with Crippen molar-refractivity contribution in [1.29, 1.82) is 0 Å². The van der Waals surface area contributed by atoms with Crippen LogP contribution in [0.2, 0.25) is 0 Å². The van der Waals surface area contributed by atoms with E-state index in [1.165, 1.54) is 17.0 Å². The molecule has 0 fully saturated rings. The number of rotatable bonds is 12. The Kier molecular flexibility index (Phi) is 11.8. The second-order valence-electron chi connectivity index (χ2n) is 12.6. The summed E-state index contributed by atoms with van der Waals surface area (Å²) in [6, 6.07) is 9.03. The minimum atomic E-state index is -1.19. The average Bonchev–Trinajstić information content (AvgIpc) is 2.88. The Labute approximate surface area is 250 Å². The van der Waals surface area contributed by atoms with Crippen LogP contribution in [-0.2, 0) is 20.7 Å². The molecule has 0 saturated heterocycles. The van der Waals surface area contributed by atoms with Gasteiger partial charge >= 0.3 is 6.09 Å². The lowest BCUT2D eigenvalue weighted by Crippen LogP contribution is -2.60. The van der Waals surface area contributed by atoms with Crippen LogP contribution in [0.3, 0.4) is 0 Å². The van der Waals surface area contributed by atoms with E-state index in [0.29, 0.717) is 23.1 Å². The van der Waals surface area contributed by atoms with Gasteiger partial charge in [-0.15, -0.1) is 0 Å². The third-order valence-corrected chi connectivity index (χ3v) is 7.30. The van der Waals surface area contributed by atoms with Gasteiger partial charge in [0.2, 0.25) is 11.8 Å². The van der Waals surface area contributed by atoms with E-state index in [2.05, 4.69) is 10.6 Å². The van der Waals surface area contributed by atoms with E-state index >= 15 is 0 Å². The molecule has 0 bridgehead atoms. The topological polar surface area (TPSA) is 128 Å². The van der Waals surface area contributed by atoms with Gasteiger partial charge in [0.25, 0.3) is 0 Å². The predicted octanol–water partition coefficient (Wildman–Crippen LogP) is 5.91. The fraction of sp³-hybridized carbons (Fsp3) is 0.545. The molecule has 9 nitrogen and oxygen atoms in total. The molecule has 0 aliphatic carbocycles. The van der Waals surface area contributed by atoms with Crippen molar-refractivity contribution in [2.75, 3.05) is 0 Å². The smallest absolute Gasteiger partial charge is 0.408 e. The summed E-state index contributed by atoms with van der Waals surface area (Å²) in [5.74, 6) is -0.929. The van der Waals surface area contributed by atoms with E-state index in [9.17, 15) is 24.6 Å². The van der Waals surface area contributed by atoms with Gasteiger partial charge in [-0.25, -0.2) is 4.79 Å². The third kappa shape index (κ3) is 9.39. The number of amides is 3. The Morgan fingerprint density at radius 3 is 2.12 bits per heavy atom. The second-order valence-corrected chi connectivity index (χ2v) is 12.6. The largest absolute Gasteiger partial charge is 0.508 e. The van der Waals surface area contributed by atoms with Gasteiger partial charge in [0.05, 0.1) is 0 Å². The minimum absolute atomic E-state index is 0.0688. The van der Waals surface area contributed by atoms with Gasteiger partial charge in [0.15, 0.2) is 0 Å². The van der Waals surface area contributed by atoms with Crippen LogP contribution < -0.4 is 10.6 Å². The van der Waals surface area contributed by atoms with E-state index in [-0.39, 0.29) is 24.0 Å². The predicted molar refractivity (Wildman–Crippen MR) is 164 cm³/mol. The summed E-state index contributed by atoms with van der Waals surface area (Å²) in [4.78, 5) is 43.2. The molecule has 0 spiro atoms. The Morgan fingerprint density at radius 1 is 0.952 bits per heavy atom. The fourth-order valence-corrected chi connectivity index (χ4v) is 4.76. The van der Waals surface area contributed by atoms with Gasteiger partial charge < -0.3 is 30.5 Å². The first-order chi connectivity index (χ1) is 19.5. The number of phenols is 2. The van der Waals surface area contributed by atoms with Gasteiger partial charge in [-0.3, -0.25) is 9.59 Å². The molecule has 0 aliphatic rings. The van der Waals surface area contributed by atoms with Gasteiger partial charge in [0, 0.05) is 23.6 Å². The maximum absolute atomic E-state index is 14.7. The Morgan fingerprint density at radius 2 is 1.57 bits per heavy atom. The van der Waals surface area contributed by atoms with Crippen molar-refractivity contribution in [2.24, 2.45) is 0 Å². The SMILES string of the molecule is CCCC(C)NC(=O)C(c1cccc(C)c1O)N(C(=O)C(Cc1ccc(O)cc1)NC(=O)OC(C)(C)C)C(C)(C)CC. The van der Waals surface area contributed by atoms with E-state index < -0.39 is 41.1 Å². The molecule has 3 unspecified atom stereocenters. The summed E-state index contributed by atoms with van der Waals surface area (Å²) in [5, 5.41) is 26.7. The highest BCUT2D eigenvalue weighted by molar-refractivity contribution is 5.93. The van der Waals surface area contributed by atoms with Crippen LogP contribution in [0.25, 0.3) is 0 Å². The molecule has 42 heavy (non-hydrogen) atoms. The van der Waals surface area contributed by atoms with E-state index in [1.54, 1.807) is 58.0 Å². The number of carbonyl (C=O) groups is 3. The van der Waals surface area contributed by atoms with Crippen LogP contribution in [0.4, 0.5) is 4.79 Å². The number of carbonyl (C=O) groups excluding carboxylic acids is 3. The number of hydrogen-bond donors (Lipinski definition) is 4. The molecule has 0 aliphatic heterocycles. The van der Waals surface area contributed by atoms with Crippen molar-refractivity contribution in [3.8, 4) is 11.5 Å². The molecule has 0 saturated carbocycles. The molecule has 4 N–H and O–H groups in total. The molecular weight excluding hydrogens is 534 g/mol. The number of phenolic OH excluding ortho intramolecular Hbond substituents is 2. The Balaban J connectivity index is 2.72. The molecular formula is C33H49N3O6. The average molecular weight is 584 g/mol. The molecule has 2 aromatic rings. The monoisotopic (exact) mass is 583 g/mol. The van der Waals surface area contributed by atoms with Crippen molar-refractivity contribution in [3.05, 3.63) is 59.2 Å². The number of nitrogens with zero attached hydrogens (tertiary/aromatic N) is 1. The number of ether oxygens (including phenoxy) is 1. The molecule has 0 heterocycles. The Hall–Kier alpha value is -3.75. The standard InChI is InChI=1S/C33H49N3O6/c1-10-13-22(4)34-29(39)27(25-15-12-14-21(3)28(25)38)36(33(8,9)11-2)30(40)26(35-31(41)42-32(5,6)7)20-23-16-18-24(37)19-17-23/h12,14-19,22,26-27,37-38H,10-11,13,20H2,1-9H3,(H,34,39)(H,35,41). The highest BCUT2D eigenvalue weighted by atomic mass is 16.6.